The highest BCUT2D eigenvalue weighted by Gasteiger charge is 2.44. The molecule has 120 valence electrons. The second kappa shape index (κ2) is 5.74. The molecule has 22 heavy (non-hydrogen) atoms. The Morgan fingerprint density at radius 3 is 2.77 bits per heavy atom. The van der Waals surface area contributed by atoms with Gasteiger partial charge in [0.15, 0.2) is 23.2 Å². The van der Waals surface area contributed by atoms with Crippen LogP contribution in [0.5, 0.6) is 0 Å². The quantitative estimate of drug-likeness (QED) is 0.509. The molecule has 0 aliphatic carbocycles. The van der Waals surface area contributed by atoms with E-state index in [4.69, 9.17) is 14.7 Å². The summed E-state index contributed by atoms with van der Waals surface area (Å²) in [7, 11) is 1.45. The molecule has 1 fully saturated rings. The van der Waals surface area contributed by atoms with Crippen LogP contribution >= 0.6 is 0 Å². The van der Waals surface area contributed by atoms with Crippen LogP contribution in [-0.2, 0) is 9.57 Å². The molecule has 0 spiro atoms. The highest BCUT2D eigenvalue weighted by Crippen LogP contribution is 2.32. The van der Waals surface area contributed by atoms with Gasteiger partial charge in [-0.1, -0.05) is 0 Å². The van der Waals surface area contributed by atoms with Gasteiger partial charge in [-0.25, -0.2) is 20.4 Å². The lowest BCUT2D eigenvalue weighted by atomic mass is 10.1. The van der Waals surface area contributed by atoms with Crippen molar-refractivity contribution in [2.45, 2.75) is 31.5 Å². The standard InChI is InChI=1S/C12H17N5O5/c1-5-14-10(16-21-2)7-11(15-5)17(4-13-7)12-9(20)8(19)6(3-18)22-12/h4,6,8-9,12,18-20H,3H2,1-2H3,(H,14,15,16)/t6-,8?,9?,12-/m1/s1. The largest absolute Gasteiger partial charge is 0.394 e. The molecule has 0 saturated carbocycles. The Labute approximate surface area is 125 Å². The van der Waals surface area contributed by atoms with E-state index in [1.165, 1.54) is 18.0 Å². The number of hydrogen-bond acceptors (Lipinski definition) is 9. The van der Waals surface area contributed by atoms with Gasteiger partial charge in [0, 0.05) is 0 Å². The fourth-order valence-corrected chi connectivity index (χ4v) is 2.49. The summed E-state index contributed by atoms with van der Waals surface area (Å²) in [5.74, 6) is 0.857. The van der Waals surface area contributed by atoms with Gasteiger partial charge in [-0.05, 0) is 6.92 Å². The van der Waals surface area contributed by atoms with E-state index >= 15 is 0 Å². The van der Waals surface area contributed by atoms with E-state index in [1.54, 1.807) is 6.92 Å². The van der Waals surface area contributed by atoms with Crippen LogP contribution in [0, 0.1) is 6.92 Å². The summed E-state index contributed by atoms with van der Waals surface area (Å²) in [5.41, 5.74) is 3.47. The predicted molar refractivity (Wildman–Crippen MR) is 73.7 cm³/mol. The molecular weight excluding hydrogens is 294 g/mol. The third-order valence-corrected chi connectivity index (χ3v) is 3.52. The molecule has 3 rings (SSSR count). The van der Waals surface area contributed by atoms with Gasteiger partial charge >= 0.3 is 0 Å². The first-order chi connectivity index (χ1) is 10.6. The Morgan fingerprint density at radius 1 is 1.36 bits per heavy atom. The van der Waals surface area contributed by atoms with Crippen LogP contribution in [0.2, 0.25) is 0 Å². The van der Waals surface area contributed by atoms with Gasteiger partial charge in [0.05, 0.1) is 20.0 Å². The number of nitrogens with one attached hydrogen (secondary N) is 1. The molecule has 3 heterocycles. The number of fused-ring (bicyclic) bond motifs is 1. The second-order valence-corrected chi connectivity index (χ2v) is 4.98. The van der Waals surface area contributed by atoms with Crippen LogP contribution in [0.1, 0.15) is 12.1 Å². The van der Waals surface area contributed by atoms with Crippen molar-refractivity contribution >= 4 is 17.0 Å². The van der Waals surface area contributed by atoms with E-state index in [0.717, 1.165) is 0 Å². The molecule has 10 nitrogen and oxygen atoms in total. The van der Waals surface area contributed by atoms with Crippen LogP contribution < -0.4 is 5.48 Å². The molecule has 0 radical (unpaired) electrons. The molecule has 0 aromatic carbocycles. The topological polar surface area (TPSA) is 135 Å². The zero-order valence-electron chi connectivity index (χ0n) is 12.0. The average molecular weight is 311 g/mol. The molecule has 0 bridgehead atoms. The number of ether oxygens (including phenoxy) is 1. The summed E-state index contributed by atoms with van der Waals surface area (Å²) in [6, 6.07) is 0. The monoisotopic (exact) mass is 311 g/mol. The summed E-state index contributed by atoms with van der Waals surface area (Å²) >= 11 is 0. The van der Waals surface area contributed by atoms with Crippen molar-refractivity contribution in [3.05, 3.63) is 12.2 Å². The Bertz CT molecular complexity index is 677. The number of aliphatic hydroxyl groups excluding tert-OH is 3. The van der Waals surface area contributed by atoms with Gasteiger partial charge in [0.1, 0.15) is 24.1 Å². The number of aliphatic hydroxyl groups is 3. The molecule has 4 atom stereocenters. The van der Waals surface area contributed by atoms with E-state index in [-0.39, 0.29) is 0 Å². The summed E-state index contributed by atoms with van der Waals surface area (Å²) in [6.07, 6.45) is -2.73. The lowest BCUT2D eigenvalue weighted by Crippen LogP contribution is -2.33. The second-order valence-electron chi connectivity index (χ2n) is 4.98. The summed E-state index contributed by atoms with van der Waals surface area (Å²) in [4.78, 5) is 17.5. The molecule has 0 amide bonds. The molecule has 4 N–H and O–H groups in total. The molecule has 2 aromatic rings. The lowest BCUT2D eigenvalue weighted by Gasteiger charge is -2.16. The number of hydrogen-bond donors (Lipinski definition) is 4. The first-order valence-electron chi connectivity index (χ1n) is 6.69. The maximum Gasteiger partial charge on any atom is 0.181 e. The minimum absolute atomic E-state index is 0.385. The number of aryl methyl sites for hydroxylation is 1. The fraction of sp³-hybridized carbons (Fsp3) is 0.583. The molecule has 2 unspecified atom stereocenters. The van der Waals surface area contributed by atoms with Crippen LogP contribution in [0.25, 0.3) is 11.2 Å². The Hall–Kier alpha value is -1.85. The van der Waals surface area contributed by atoms with E-state index in [9.17, 15) is 10.2 Å². The minimum atomic E-state index is -1.20. The zero-order chi connectivity index (χ0) is 15.9. The SMILES string of the molecule is CONc1nc(C)nc2c1ncn2[C@@H]1O[C@H](CO)C(O)C1O. The van der Waals surface area contributed by atoms with Crippen molar-refractivity contribution in [1.82, 2.24) is 19.5 Å². The lowest BCUT2D eigenvalue weighted by molar-refractivity contribution is -0.0511. The third kappa shape index (κ3) is 2.30. The van der Waals surface area contributed by atoms with Crippen molar-refractivity contribution in [2.24, 2.45) is 0 Å². The molecule has 1 aliphatic heterocycles. The van der Waals surface area contributed by atoms with E-state index in [1.807, 2.05) is 0 Å². The molecule has 1 saturated heterocycles. The highest BCUT2D eigenvalue weighted by atomic mass is 16.6. The molecule has 1 aliphatic rings. The van der Waals surface area contributed by atoms with E-state index in [0.29, 0.717) is 22.8 Å². The minimum Gasteiger partial charge on any atom is -0.394 e. The van der Waals surface area contributed by atoms with Crippen molar-refractivity contribution < 1.29 is 24.9 Å². The molecule has 10 heteroatoms. The van der Waals surface area contributed by atoms with Gasteiger partial charge in [0.25, 0.3) is 0 Å². The number of anilines is 1. The third-order valence-electron chi connectivity index (χ3n) is 3.52. The van der Waals surface area contributed by atoms with Gasteiger partial charge in [-0.15, -0.1) is 0 Å². The fourth-order valence-electron chi connectivity index (χ4n) is 2.49. The number of imidazole rings is 1. The Kier molecular flexibility index (Phi) is 3.93. The Morgan fingerprint density at radius 2 is 2.14 bits per heavy atom. The summed E-state index contributed by atoms with van der Waals surface area (Å²) in [5, 5.41) is 29.1. The number of aromatic nitrogens is 4. The van der Waals surface area contributed by atoms with Crippen LogP contribution in [0.3, 0.4) is 0 Å². The van der Waals surface area contributed by atoms with Gasteiger partial charge in [-0.3, -0.25) is 9.40 Å². The highest BCUT2D eigenvalue weighted by molar-refractivity contribution is 5.82. The van der Waals surface area contributed by atoms with E-state index < -0.39 is 31.1 Å². The summed E-state index contributed by atoms with van der Waals surface area (Å²) in [6.45, 7) is 1.31. The van der Waals surface area contributed by atoms with Crippen LogP contribution in [0.4, 0.5) is 5.82 Å². The Balaban J connectivity index is 2.05. The normalized spacial score (nSPS) is 28.4. The van der Waals surface area contributed by atoms with Gasteiger partial charge in [-0.2, -0.15) is 0 Å². The van der Waals surface area contributed by atoms with Gasteiger partial charge < -0.3 is 20.1 Å². The van der Waals surface area contributed by atoms with Gasteiger partial charge in [0.2, 0.25) is 0 Å². The number of nitrogens with zero attached hydrogens (tertiary/aromatic N) is 4. The van der Waals surface area contributed by atoms with Crippen molar-refractivity contribution in [2.75, 3.05) is 19.2 Å². The maximum absolute atomic E-state index is 10.1. The van der Waals surface area contributed by atoms with Crippen molar-refractivity contribution in [1.29, 1.82) is 0 Å². The smallest absolute Gasteiger partial charge is 0.181 e. The van der Waals surface area contributed by atoms with Crippen molar-refractivity contribution in [3.63, 3.8) is 0 Å². The molecular formula is C12H17N5O5. The van der Waals surface area contributed by atoms with Crippen LogP contribution in [0.15, 0.2) is 6.33 Å². The zero-order valence-corrected chi connectivity index (χ0v) is 12.0. The predicted octanol–water partition coefficient (Wildman–Crippen LogP) is -1.28. The molecule has 2 aromatic heterocycles. The van der Waals surface area contributed by atoms with E-state index in [2.05, 4.69) is 20.4 Å². The average Bonchev–Trinajstić information content (AvgIpc) is 3.02. The first-order valence-corrected chi connectivity index (χ1v) is 6.69. The van der Waals surface area contributed by atoms with Crippen LogP contribution in [-0.4, -0.2) is 66.9 Å². The first kappa shape index (κ1) is 15.1. The maximum atomic E-state index is 10.1. The van der Waals surface area contributed by atoms with Crippen molar-refractivity contribution in [3.8, 4) is 0 Å². The number of rotatable bonds is 4. The summed E-state index contributed by atoms with van der Waals surface area (Å²) < 4.78 is 6.98.